The smallest absolute Gasteiger partial charge is 0.118 e. The Labute approximate surface area is 128 Å². The molecule has 0 aliphatic heterocycles. The maximum Gasteiger partial charge on any atom is 0.118 e. The summed E-state index contributed by atoms with van der Waals surface area (Å²) in [6, 6.07) is 15.3. The Kier molecular flexibility index (Phi) is 3.83. The van der Waals surface area contributed by atoms with E-state index in [0.29, 0.717) is 0 Å². The molecule has 0 bridgehead atoms. The molecule has 0 saturated carbocycles. The van der Waals surface area contributed by atoms with Gasteiger partial charge < -0.3 is 19.6 Å². The standard InChI is InChI=1S/C18H17NO3/c1-22-13-8-6-12(7-9-13)15(10-18(20)21)16-11-19-17-5-3-2-4-14(16)17/h2-9,11,15,19H,10H2,1H3,(H,20,21)/p-1/t15-/m1/s1. The van der Waals surface area contributed by atoms with Crippen molar-refractivity contribution in [1.82, 2.24) is 4.98 Å². The van der Waals surface area contributed by atoms with Crippen molar-refractivity contribution < 1.29 is 14.6 Å². The van der Waals surface area contributed by atoms with Crippen LogP contribution in [0.2, 0.25) is 0 Å². The second-order valence-electron chi connectivity index (χ2n) is 5.19. The summed E-state index contributed by atoms with van der Waals surface area (Å²) in [4.78, 5) is 14.4. The van der Waals surface area contributed by atoms with E-state index < -0.39 is 5.97 Å². The van der Waals surface area contributed by atoms with Gasteiger partial charge >= 0.3 is 0 Å². The average Bonchev–Trinajstić information content (AvgIpc) is 2.96. The highest BCUT2D eigenvalue weighted by atomic mass is 16.5. The van der Waals surface area contributed by atoms with Crippen LogP contribution in [0.5, 0.6) is 5.75 Å². The molecule has 1 heterocycles. The Bertz CT molecular complexity index is 789. The number of benzene rings is 2. The first-order valence-corrected chi connectivity index (χ1v) is 7.09. The lowest BCUT2D eigenvalue weighted by Gasteiger charge is -2.18. The Morgan fingerprint density at radius 1 is 1.18 bits per heavy atom. The van der Waals surface area contributed by atoms with Crippen molar-refractivity contribution in [2.75, 3.05) is 7.11 Å². The van der Waals surface area contributed by atoms with Crippen molar-refractivity contribution in [1.29, 1.82) is 0 Å². The number of aliphatic carboxylic acids is 1. The maximum atomic E-state index is 11.2. The molecule has 1 aromatic heterocycles. The van der Waals surface area contributed by atoms with E-state index >= 15 is 0 Å². The Hall–Kier alpha value is -2.75. The molecule has 3 aromatic rings. The molecule has 0 amide bonds. The predicted molar refractivity (Wildman–Crippen MR) is 82.8 cm³/mol. The molecule has 112 valence electrons. The van der Waals surface area contributed by atoms with Crippen LogP contribution < -0.4 is 9.84 Å². The molecule has 0 aliphatic rings. The molecule has 0 spiro atoms. The summed E-state index contributed by atoms with van der Waals surface area (Å²) in [6.45, 7) is 0. The number of carbonyl (C=O) groups excluding carboxylic acids is 1. The zero-order valence-corrected chi connectivity index (χ0v) is 12.2. The Morgan fingerprint density at radius 2 is 1.91 bits per heavy atom. The van der Waals surface area contributed by atoms with Gasteiger partial charge in [0, 0.05) is 29.0 Å². The Balaban J connectivity index is 2.07. The minimum atomic E-state index is -1.06. The molecule has 22 heavy (non-hydrogen) atoms. The van der Waals surface area contributed by atoms with Gasteiger partial charge in [0.2, 0.25) is 0 Å². The second kappa shape index (κ2) is 5.93. The fourth-order valence-corrected chi connectivity index (χ4v) is 2.79. The molecule has 2 aromatic carbocycles. The molecule has 4 heteroatoms. The van der Waals surface area contributed by atoms with E-state index in [1.165, 1.54) is 0 Å². The van der Waals surface area contributed by atoms with Gasteiger partial charge in [0.25, 0.3) is 0 Å². The summed E-state index contributed by atoms with van der Waals surface area (Å²) in [5.74, 6) is -0.576. The minimum Gasteiger partial charge on any atom is -0.550 e. The molecule has 0 aliphatic carbocycles. The third-order valence-electron chi connectivity index (χ3n) is 3.89. The molecule has 0 saturated heterocycles. The van der Waals surface area contributed by atoms with Crippen LogP contribution in [-0.2, 0) is 4.79 Å². The van der Waals surface area contributed by atoms with Crippen molar-refractivity contribution in [2.45, 2.75) is 12.3 Å². The van der Waals surface area contributed by atoms with E-state index in [4.69, 9.17) is 4.74 Å². The van der Waals surface area contributed by atoms with Crippen LogP contribution in [0.15, 0.2) is 54.7 Å². The fourth-order valence-electron chi connectivity index (χ4n) is 2.79. The van der Waals surface area contributed by atoms with Crippen molar-refractivity contribution in [2.24, 2.45) is 0 Å². The number of ether oxygens (including phenoxy) is 1. The van der Waals surface area contributed by atoms with Crippen molar-refractivity contribution in [3.8, 4) is 5.75 Å². The molecular formula is C18H16NO3-. The molecule has 1 atom stereocenters. The normalized spacial score (nSPS) is 12.2. The largest absolute Gasteiger partial charge is 0.550 e. The van der Waals surface area contributed by atoms with Crippen molar-refractivity contribution in [3.05, 3.63) is 65.9 Å². The van der Waals surface area contributed by atoms with Crippen molar-refractivity contribution in [3.63, 3.8) is 0 Å². The molecular weight excluding hydrogens is 278 g/mol. The number of carboxylic acid groups (broad SMARTS) is 1. The van der Waals surface area contributed by atoms with E-state index in [-0.39, 0.29) is 12.3 Å². The molecule has 1 N–H and O–H groups in total. The van der Waals surface area contributed by atoms with Gasteiger partial charge in [-0.2, -0.15) is 0 Å². The number of fused-ring (bicyclic) bond motifs is 1. The van der Waals surface area contributed by atoms with E-state index in [0.717, 1.165) is 27.8 Å². The van der Waals surface area contributed by atoms with Gasteiger partial charge in [-0.1, -0.05) is 30.3 Å². The van der Waals surface area contributed by atoms with Crippen LogP contribution in [0.4, 0.5) is 0 Å². The minimum absolute atomic E-state index is 0.0613. The first-order chi connectivity index (χ1) is 10.7. The van der Waals surface area contributed by atoms with Crippen LogP contribution in [0.25, 0.3) is 10.9 Å². The summed E-state index contributed by atoms with van der Waals surface area (Å²) < 4.78 is 5.16. The highest BCUT2D eigenvalue weighted by molar-refractivity contribution is 5.85. The maximum absolute atomic E-state index is 11.2. The zero-order valence-electron chi connectivity index (χ0n) is 12.2. The number of H-pyrrole nitrogens is 1. The van der Waals surface area contributed by atoms with Gasteiger partial charge in [-0.25, -0.2) is 0 Å². The number of rotatable bonds is 5. The highest BCUT2D eigenvalue weighted by Crippen LogP contribution is 2.33. The van der Waals surface area contributed by atoms with E-state index in [1.54, 1.807) is 7.11 Å². The van der Waals surface area contributed by atoms with Crippen LogP contribution in [-0.4, -0.2) is 18.1 Å². The van der Waals surface area contributed by atoms with Gasteiger partial charge in [-0.3, -0.25) is 0 Å². The summed E-state index contributed by atoms with van der Waals surface area (Å²) in [6.07, 6.45) is 1.82. The summed E-state index contributed by atoms with van der Waals surface area (Å²) in [5.41, 5.74) is 2.88. The van der Waals surface area contributed by atoms with Gasteiger partial charge in [0.1, 0.15) is 5.75 Å². The number of aromatic amines is 1. The number of aromatic nitrogens is 1. The molecule has 0 fully saturated rings. The van der Waals surface area contributed by atoms with Crippen molar-refractivity contribution >= 4 is 16.9 Å². The third-order valence-corrected chi connectivity index (χ3v) is 3.89. The summed E-state index contributed by atoms with van der Waals surface area (Å²) >= 11 is 0. The fraction of sp³-hybridized carbons (Fsp3) is 0.167. The number of methoxy groups -OCH3 is 1. The number of nitrogens with one attached hydrogen (secondary N) is 1. The van der Waals surface area contributed by atoms with Crippen LogP contribution in [0, 0.1) is 0 Å². The second-order valence-corrected chi connectivity index (χ2v) is 5.19. The number of carbonyl (C=O) groups is 1. The summed E-state index contributed by atoms with van der Waals surface area (Å²) in [5, 5.41) is 12.2. The van der Waals surface area contributed by atoms with Crippen LogP contribution >= 0.6 is 0 Å². The highest BCUT2D eigenvalue weighted by Gasteiger charge is 2.18. The van der Waals surface area contributed by atoms with E-state index in [9.17, 15) is 9.90 Å². The number of hydrogen-bond acceptors (Lipinski definition) is 3. The Morgan fingerprint density at radius 3 is 2.59 bits per heavy atom. The van der Waals surface area contributed by atoms with Gasteiger partial charge in [0.05, 0.1) is 7.11 Å². The lowest BCUT2D eigenvalue weighted by atomic mass is 9.88. The topological polar surface area (TPSA) is 65.2 Å². The predicted octanol–water partition coefficient (Wildman–Crippen LogP) is 2.45. The SMILES string of the molecule is COc1ccc([C@@H](CC(=O)[O-])c2c[nH]c3ccccc23)cc1. The van der Waals surface area contributed by atoms with Gasteiger partial charge in [-0.15, -0.1) is 0 Å². The number of hydrogen-bond donors (Lipinski definition) is 1. The van der Waals surface area contributed by atoms with Crippen LogP contribution in [0.1, 0.15) is 23.5 Å². The quantitative estimate of drug-likeness (QED) is 0.786. The van der Waals surface area contributed by atoms with E-state index in [1.807, 2.05) is 54.7 Å². The molecule has 0 unspecified atom stereocenters. The summed E-state index contributed by atoms with van der Waals surface area (Å²) in [7, 11) is 1.60. The lowest BCUT2D eigenvalue weighted by Crippen LogP contribution is -2.24. The third kappa shape index (κ3) is 2.68. The molecule has 4 nitrogen and oxygen atoms in total. The zero-order chi connectivity index (χ0) is 15.5. The molecule has 0 radical (unpaired) electrons. The van der Waals surface area contributed by atoms with Gasteiger partial charge in [-0.05, 0) is 35.7 Å². The number of carboxylic acids is 1. The molecule has 3 rings (SSSR count). The first kappa shape index (κ1) is 14.2. The van der Waals surface area contributed by atoms with E-state index in [2.05, 4.69) is 4.98 Å². The lowest BCUT2D eigenvalue weighted by molar-refractivity contribution is -0.305. The van der Waals surface area contributed by atoms with Gasteiger partial charge in [0.15, 0.2) is 0 Å². The van der Waals surface area contributed by atoms with Crippen LogP contribution in [0.3, 0.4) is 0 Å². The first-order valence-electron chi connectivity index (χ1n) is 7.09. The number of para-hydroxylation sites is 1. The average molecular weight is 294 g/mol. The monoisotopic (exact) mass is 294 g/mol.